The van der Waals surface area contributed by atoms with Gasteiger partial charge in [-0.3, -0.25) is 4.68 Å². The molecule has 4 nitrogen and oxygen atoms in total. The van der Waals surface area contributed by atoms with Gasteiger partial charge in [0.15, 0.2) is 0 Å². The van der Waals surface area contributed by atoms with Crippen LogP contribution in [-0.4, -0.2) is 29.6 Å². The molecule has 1 aromatic carbocycles. The summed E-state index contributed by atoms with van der Waals surface area (Å²) in [6.07, 6.45) is 3.16. The van der Waals surface area contributed by atoms with Gasteiger partial charge < -0.3 is 9.47 Å². The lowest BCUT2D eigenvalue weighted by molar-refractivity contribution is 0.179. The fourth-order valence-corrected chi connectivity index (χ4v) is 2.49. The lowest BCUT2D eigenvalue weighted by atomic mass is 10.2. The van der Waals surface area contributed by atoms with Crippen LogP contribution in [0.1, 0.15) is 33.2 Å². The number of nitrogens with zero attached hydrogens (tertiary/aromatic N) is 2. The zero-order valence-electron chi connectivity index (χ0n) is 12.4. The van der Waals surface area contributed by atoms with Crippen molar-refractivity contribution in [1.29, 1.82) is 0 Å². The van der Waals surface area contributed by atoms with Gasteiger partial charge in [-0.1, -0.05) is 0 Å². The van der Waals surface area contributed by atoms with Crippen LogP contribution in [0.5, 0.6) is 5.75 Å². The number of ether oxygens (including phenoxy) is 2. The first-order valence-electron chi connectivity index (χ1n) is 6.85. The second kappa shape index (κ2) is 6.59. The number of rotatable bonds is 6. The Bertz CT molecular complexity index is 581. The van der Waals surface area contributed by atoms with Crippen molar-refractivity contribution >= 4 is 26.8 Å². The lowest BCUT2D eigenvalue weighted by Gasteiger charge is -2.11. The Hall–Kier alpha value is -1.07. The predicted octanol–water partition coefficient (Wildman–Crippen LogP) is 4.18. The quantitative estimate of drug-likeness (QED) is 0.791. The number of benzene rings is 1. The van der Waals surface area contributed by atoms with Gasteiger partial charge in [0.1, 0.15) is 5.75 Å². The summed E-state index contributed by atoms with van der Waals surface area (Å²) in [6, 6.07) is 4.36. The predicted molar refractivity (Wildman–Crippen MR) is 84.4 cm³/mol. The fraction of sp³-hybridized carbons (Fsp3) is 0.533. The summed E-state index contributed by atoms with van der Waals surface area (Å²) in [5, 5.41) is 5.74. The minimum Gasteiger partial charge on any atom is -0.490 e. The zero-order valence-corrected chi connectivity index (χ0v) is 14.0. The normalized spacial score (nSPS) is 13.1. The highest BCUT2D eigenvalue weighted by Gasteiger charge is 2.11. The molecule has 5 heteroatoms. The molecule has 0 radical (unpaired) electrons. The van der Waals surface area contributed by atoms with Gasteiger partial charge in [-0.2, -0.15) is 5.10 Å². The Labute approximate surface area is 128 Å². The number of halogens is 1. The standard InChI is InChI=1S/C15H21BrN2O2/c1-10(2)20-15-8-14-12(7-13(15)16)9-18(17-14)11(3)5-6-19-4/h7-11H,5-6H2,1-4H3. The minimum atomic E-state index is 0.145. The van der Waals surface area contributed by atoms with Crippen molar-refractivity contribution in [3.05, 3.63) is 22.8 Å². The molecule has 0 aliphatic heterocycles. The van der Waals surface area contributed by atoms with Gasteiger partial charge in [0.05, 0.1) is 22.1 Å². The highest BCUT2D eigenvalue weighted by atomic mass is 79.9. The number of hydrogen-bond acceptors (Lipinski definition) is 3. The Morgan fingerprint density at radius 3 is 2.70 bits per heavy atom. The Balaban J connectivity index is 2.29. The monoisotopic (exact) mass is 340 g/mol. The number of hydrogen-bond donors (Lipinski definition) is 0. The van der Waals surface area contributed by atoms with Gasteiger partial charge in [-0.05, 0) is 49.2 Å². The lowest BCUT2D eigenvalue weighted by Crippen LogP contribution is -2.08. The molecule has 0 spiro atoms. The van der Waals surface area contributed by atoms with Crippen molar-refractivity contribution in [3.63, 3.8) is 0 Å². The van der Waals surface area contributed by atoms with Gasteiger partial charge >= 0.3 is 0 Å². The van der Waals surface area contributed by atoms with E-state index in [9.17, 15) is 0 Å². The van der Waals surface area contributed by atoms with Crippen LogP contribution in [-0.2, 0) is 4.74 Å². The highest BCUT2D eigenvalue weighted by Crippen LogP contribution is 2.31. The van der Waals surface area contributed by atoms with E-state index in [0.717, 1.165) is 34.2 Å². The van der Waals surface area contributed by atoms with Crippen molar-refractivity contribution < 1.29 is 9.47 Å². The van der Waals surface area contributed by atoms with E-state index >= 15 is 0 Å². The van der Waals surface area contributed by atoms with Crippen molar-refractivity contribution in [3.8, 4) is 5.75 Å². The van der Waals surface area contributed by atoms with Gasteiger partial charge in [0.25, 0.3) is 0 Å². The molecule has 2 rings (SSSR count). The highest BCUT2D eigenvalue weighted by molar-refractivity contribution is 9.10. The third-order valence-corrected chi connectivity index (χ3v) is 3.75. The van der Waals surface area contributed by atoms with E-state index in [4.69, 9.17) is 9.47 Å². The molecule has 0 fully saturated rings. The van der Waals surface area contributed by atoms with Crippen LogP contribution in [0.4, 0.5) is 0 Å². The summed E-state index contributed by atoms with van der Waals surface area (Å²) < 4.78 is 13.8. The van der Waals surface area contributed by atoms with Crippen molar-refractivity contribution in [2.45, 2.75) is 39.3 Å². The third-order valence-electron chi connectivity index (χ3n) is 3.13. The van der Waals surface area contributed by atoms with Crippen molar-refractivity contribution in [1.82, 2.24) is 9.78 Å². The summed E-state index contributed by atoms with van der Waals surface area (Å²) in [5.74, 6) is 0.835. The Kier molecular flexibility index (Phi) is 5.05. The molecule has 1 heterocycles. The molecule has 1 aromatic heterocycles. The maximum atomic E-state index is 5.77. The smallest absolute Gasteiger partial charge is 0.136 e. The molecule has 0 amide bonds. The first kappa shape index (κ1) is 15.3. The largest absolute Gasteiger partial charge is 0.490 e. The van der Waals surface area contributed by atoms with Crippen molar-refractivity contribution in [2.24, 2.45) is 0 Å². The van der Waals surface area contributed by atoms with Gasteiger partial charge in [-0.15, -0.1) is 0 Å². The van der Waals surface area contributed by atoms with Crippen LogP contribution in [0.2, 0.25) is 0 Å². The van der Waals surface area contributed by atoms with E-state index in [0.29, 0.717) is 6.04 Å². The van der Waals surface area contributed by atoms with Crippen LogP contribution in [0, 0.1) is 0 Å². The van der Waals surface area contributed by atoms with Crippen LogP contribution in [0.3, 0.4) is 0 Å². The van der Waals surface area contributed by atoms with E-state index in [2.05, 4.69) is 40.2 Å². The van der Waals surface area contributed by atoms with Crippen LogP contribution >= 0.6 is 15.9 Å². The molecule has 0 saturated carbocycles. The summed E-state index contributed by atoms with van der Waals surface area (Å²) in [6.45, 7) is 6.92. The SMILES string of the molecule is COCCC(C)n1cc2cc(Br)c(OC(C)C)cc2n1. The Morgan fingerprint density at radius 2 is 2.05 bits per heavy atom. The molecule has 0 bridgehead atoms. The molecule has 20 heavy (non-hydrogen) atoms. The zero-order chi connectivity index (χ0) is 14.7. The maximum absolute atomic E-state index is 5.77. The second-order valence-corrected chi connectivity index (χ2v) is 6.10. The van der Waals surface area contributed by atoms with Crippen molar-refractivity contribution in [2.75, 3.05) is 13.7 Å². The molecule has 110 valence electrons. The van der Waals surface area contributed by atoms with Crippen LogP contribution < -0.4 is 4.74 Å². The average Bonchev–Trinajstić information content (AvgIpc) is 2.78. The molecule has 0 aliphatic carbocycles. The van der Waals surface area contributed by atoms with Gasteiger partial charge in [0, 0.05) is 31.4 Å². The first-order valence-corrected chi connectivity index (χ1v) is 7.64. The number of methoxy groups -OCH3 is 1. The molecule has 0 aliphatic rings. The van der Waals surface area contributed by atoms with Crippen LogP contribution in [0.15, 0.2) is 22.8 Å². The van der Waals surface area contributed by atoms with Crippen LogP contribution in [0.25, 0.3) is 10.9 Å². The third kappa shape index (κ3) is 3.52. The van der Waals surface area contributed by atoms with E-state index < -0.39 is 0 Å². The molecule has 1 atom stereocenters. The minimum absolute atomic E-state index is 0.145. The topological polar surface area (TPSA) is 36.3 Å². The average molecular weight is 341 g/mol. The van der Waals surface area contributed by atoms with E-state index in [1.165, 1.54) is 0 Å². The van der Waals surface area contributed by atoms with E-state index in [1.54, 1.807) is 7.11 Å². The molecule has 0 saturated heterocycles. The Morgan fingerprint density at radius 1 is 1.30 bits per heavy atom. The van der Waals surface area contributed by atoms with E-state index in [-0.39, 0.29) is 6.10 Å². The molecule has 0 N–H and O–H groups in total. The molecule has 2 aromatic rings. The molecular formula is C15H21BrN2O2. The molecule has 1 unspecified atom stereocenters. The fourth-order valence-electron chi connectivity index (χ4n) is 2.03. The maximum Gasteiger partial charge on any atom is 0.136 e. The van der Waals surface area contributed by atoms with Gasteiger partial charge in [-0.25, -0.2) is 0 Å². The van der Waals surface area contributed by atoms with E-state index in [1.807, 2.05) is 24.6 Å². The summed E-state index contributed by atoms with van der Waals surface area (Å²) in [4.78, 5) is 0. The first-order chi connectivity index (χ1) is 9.51. The second-order valence-electron chi connectivity index (χ2n) is 5.25. The summed E-state index contributed by atoms with van der Waals surface area (Å²) in [7, 11) is 1.72. The number of fused-ring (bicyclic) bond motifs is 1. The molecular weight excluding hydrogens is 320 g/mol. The summed E-state index contributed by atoms with van der Waals surface area (Å²) >= 11 is 3.55. The number of aromatic nitrogens is 2. The summed E-state index contributed by atoms with van der Waals surface area (Å²) in [5.41, 5.74) is 0.952. The van der Waals surface area contributed by atoms with Gasteiger partial charge in [0.2, 0.25) is 0 Å².